The SMILES string of the molecule is CCC(O)(CC)CNC(=O)NCc1ccc(F)c(C)c1. The molecule has 0 atom stereocenters. The number of rotatable bonds is 6. The number of halogens is 1. The molecule has 1 aromatic carbocycles. The van der Waals surface area contributed by atoms with Crippen molar-refractivity contribution in [2.75, 3.05) is 6.54 Å². The molecule has 0 radical (unpaired) electrons. The predicted molar refractivity (Wildman–Crippen MR) is 76.9 cm³/mol. The van der Waals surface area contributed by atoms with Crippen molar-refractivity contribution in [2.45, 2.75) is 45.8 Å². The van der Waals surface area contributed by atoms with Gasteiger partial charge in [-0.25, -0.2) is 9.18 Å². The largest absolute Gasteiger partial charge is 0.388 e. The first-order chi connectivity index (χ1) is 9.40. The van der Waals surface area contributed by atoms with Gasteiger partial charge in [-0.3, -0.25) is 0 Å². The molecule has 0 heterocycles. The number of aryl methyl sites for hydroxylation is 1. The Hall–Kier alpha value is -1.62. The van der Waals surface area contributed by atoms with Crippen molar-refractivity contribution in [3.05, 3.63) is 35.1 Å². The third kappa shape index (κ3) is 4.81. The van der Waals surface area contributed by atoms with E-state index >= 15 is 0 Å². The lowest BCUT2D eigenvalue weighted by Gasteiger charge is -2.25. The van der Waals surface area contributed by atoms with Crippen LogP contribution in [0.25, 0.3) is 0 Å². The van der Waals surface area contributed by atoms with Crippen LogP contribution in [0.1, 0.15) is 37.8 Å². The van der Waals surface area contributed by atoms with Gasteiger partial charge in [-0.2, -0.15) is 0 Å². The summed E-state index contributed by atoms with van der Waals surface area (Å²) in [6.45, 7) is 5.98. The number of hydrogen-bond acceptors (Lipinski definition) is 2. The molecule has 0 saturated carbocycles. The normalized spacial score (nSPS) is 11.2. The van der Waals surface area contributed by atoms with Crippen LogP contribution in [0.3, 0.4) is 0 Å². The van der Waals surface area contributed by atoms with Gasteiger partial charge in [0.25, 0.3) is 0 Å². The molecule has 20 heavy (non-hydrogen) atoms. The molecular formula is C15H23FN2O2. The van der Waals surface area contributed by atoms with Gasteiger partial charge in [0, 0.05) is 13.1 Å². The Morgan fingerprint density at radius 2 is 1.95 bits per heavy atom. The zero-order valence-electron chi connectivity index (χ0n) is 12.3. The standard InChI is InChI=1S/C15H23FN2O2/c1-4-15(20,5-2)10-18-14(19)17-9-12-6-7-13(16)11(3)8-12/h6-8,20H,4-5,9-10H2,1-3H3,(H2,17,18,19). The highest BCUT2D eigenvalue weighted by Crippen LogP contribution is 2.12. The zero-order valence-corrected chi connectivity index (χ0v) is 12.3. The quantitative estimate of drug-likeness (QED) is 0.750. The molecule has 2 amide bonds. The summed E-state index contributed by atoms with van der Waals surface area (Å²) in [5.41, 5.74) is 0.528. The Balaban J connectivity index is 2.42. The van der Waals surface area contributed by atoms with E-state index < -0.39 is 5.60 Å². The molecule has 4 nitrogen and oxygen atoms in total. The predicted octanol–water partition coefficient (Wildman–Crippen LogP) is 2.48. The van der Waals surface area contributed by atoms with Crippen LogP contribution in [0.5, 0.6) is 0 Å². The Bertz CT molecular complexity index is 459. The number of benzene rings is 1. The van der Waals surface area contributed by atoms with E-state index in [1.165, 1.54) is 6.07 Å². The van der Waals surface area contributed by atoms with E-state index in [1.807, 2.05) is 13.8 Å². The van der Waals surface area contributed by atoms with Gasteiger partial charge in [0.2, 0.25) is 0 Å². The first-order valence-corrected chi connectivity index (χ1v) is 6.89. The van der Waals surface area contributed by atoms with Crippen LogP contribution in [-0.2, 0) is 6.54 Å². The number of carbonyl (C=O) groups excluding carboxylic acids is 1. The fraction of sp³-hybridized carbons (Fsp3) is 0.533. The van der Waals surface area contributed by atoms with Gasteiger partial charge in [0.05, 0.1) is 5.60 Å². The number of nitrogens with one attached hydrogen (secondary N) is 2. The Morgan fingerprint density at radius 1 is 1.30 bits per heavy atom. The first kappa shape index (κ1) is 16.4. The summed E-state index contributed by atoms with van der Waals surface area (Å²) in [6, 6.07) is 4.38. The van der Waals surface area contributed by atoms with Crippen LogP contribution in [0, 0.1) is 12.7 Å². The molecule has 0 saturated heterocycles. The van der Waals surface area contributed by atoms with Crippen molar-refractivity contribution < 1.29 is 14.3 Å². The van der Waals surface area contributed by atoms with Crippen molar-refractivity contribution in [1.82, 2.24) is 10.6 Å². The fourth-order valence-corrected chi connectivity index (χ4v) is 1.81. The average Bonchev–Trinajstić information content (AvgIpc) is 2.46. The maximum atomic E-state index is 13.1. The lowest BCUT2D eigenvalue weighted by atomic mass is 9.98. The smallest absolute Gasteiger partial charge is 0.315 e. The number of amides is 2. The summed E-state index contributed by atoms with van der Waals surface area (Å²) in [5, 5.41) is 15.4. The third-order valence-electron chi connectivity index (χ3n) is 3.57. The Kier molecular flexibility index (Phi) is 5.95. The molecule has 3 N–H and O–H groups in total. The molecule has 0 aliphatic carbocycles. The van der Waals surface area contributed by atoms with Crippen LogP contribution in [0.4, 0.5) is 9.18 Å². The highest BCUT2D eigenvalue weighted by Gasteiger charge is 2.22. The molecule has 0 spiro atoms. The maximum Gasteiger partial charge on any atom is 0.315 e. The highest BCUT2D eigenvalue weighted by molar-refractivity contribution is 5.73. The van der Waals surface area contributed by atoms with Gasteiger partial charge in [-0.15, -0.1) is 0 Å². The molecule has 0 fully saturated rings. The molecule has 5 heteroatoms. The van der Waals surface area contributed by atoms with Gasteiger partial charge < -0.3 is 15.7 Å². The third-order valence-corrected chi connectivity index (χ3v) is 3.57. The van der Waals surface area contributed by atoms with Crippen molar-refractivity contribution in [2.24, 2.45) is 0 Å². The van der Waals surface area contributed by atoms with E-state index in [2.05, 4.69) is 10.6 Å². The fourth-order valence-electron chi connectivity index (χ4n) is 1.81. The second kappa shape index (κ2) is 7.24. The van der Waals surface area contributed by atoms with Gasteiger partial charge in [0.1, 0.15) is 5.82 Å². The summed E-state index contributed by atoms with van der Waals surface area (Å²) in [4.78, 5) is 11.6. The average molecular weight is 282 g/mol. The number of aliphatic hydroxyl groups is 1. The number of hydrogen-bond donors (Lipinski definition) is 3. The molecule has 1 aromatic rings. The molecule has 1 rings (SSSR count). The van der Waals surface area contributed by atoms with E-state index in [9.17, 15) is 14.3 Å². The molecule has 0 aliphatic rings. The lowest BCUT2D eigenvalue weighted by Crippen LogP contribution is -2.45. The second-order valence-electron chi connectivity index (χ2n) is 5.05. The Morgan fingerprint density at radius 3 is 2.50 bits per heavy atom. The summed E-state index contributed by atoms with van der Waals surface area (Å²) in [5.74, 6) is -0.255. The molecule has 0 aromatic heterocycles. The minimum atomic E-state index is -0.857. The Labute approximate surface area is 119 Å². The highest BCUT2D eigenvalue weighted by atomic mass is 19.1. The van der Waals surface area contributed by atoms with E-state index in [0.717, 1.165) is 5.56 Å². The van der Waals surface area contributed by atoms with Crippen LogP contribution < -0.4 is 10.6 Å². The van der Waals surface area contributed by atoms with Crippen LogP contribution in [0.2, 0.25) is 0 Å². The van der Waals surface area contributed by atoms with Gasteiger partial charge in [-0.05, 0) is 37.0 Å². The summed E-state index contributed by atoms with van der Waals surface area (Å²) in [6.07, 6.45) is 1.17. The molecule has 0 bridgehead atoms. The zero-order chi connectivity index (χ0) is 15.2. The van der Waals surface area contributed by atoms with Crippen molar-refractivity contribution >= 4 is 6.03 Å². The molecular weight excluding hydrogens is 259 g/mol. The van der Waals surface area contributed by atoms with Crippen LogP contribution >= 0.6 is 0 Å². The number of urea groups is 1. The van der Waals surface area contributed by atoms with E-state index in [0.29, 0.717) is 24.9 Å². The van der Waals surface area contributed by atoms with E-state index in [-0.39, 0.29) is 18.4 Å². The molecule has 0 aliphatic heterocycles. The second-order valence-corrected chi connectivity index (χ2v) is 5.05. The first-order valence-electron chi connectivity index (χ1n) is 6.89. The molecule has 112 valence electrons. The van der Waals surface area contributed by atoms with Crippen LogP contribution in [0.15, 0.2) is 18.2 Å². The van der Waals surface area contributed by atoms with Crippen LogP contribution in [-0.4, -0.2) is 23.3 Å². The van der Waals surface area contributed by atoms with Crippen molar-refractivity contribution in [3.63, 3.8) is 0 Å². The number of carbonyl (C=O) groups is 1. The topological polar surface area (TPSA) is 61.4 Å². The van der Waals surface area contributed by atoms with E-state index in [1.54, 1.807) is 19.1 Å². The summed E-state index contributed by atoms with van der Waals surface area (Å²) in [7, 11) is 0. The van der Waals surface area contributed by atoms with Gasteiger partial charge in [0.15, 0.2) is 0 Å². The van der Waals surface area contributed by atoms with Gasteiger partial charge >= 0.3 is 6.03 Å². The van der Waals surface area contributed by atoms with Crippen molar-refractivity contribution in [1.29, 1.82) is 0 Å². The molecule has 0 unspecified atom stereocenters. The van der Waals surface area contributed by atoms with E-state index in [4.69, 9.17) is 0 Å². The monoisotopic (exact) mass is 282 g/mol. The lowest BCUT2D eigenvalue weighted by molar-refractivity contribution is 0.0349. The minimum Gasteiger partial charge on any atom is -0.388 e. The summed E-state index contributed by atoms with van der Waals surface area (Å²) >= 11 is 0. The van der Waals surface area contributed by atoms with Crippen molar-refractivity contribution in [3.8, 4) is 0 Å². The maximum absolute atomic E-state index is 13.1. The minimum absolute atomic E-state index is 0.217. The van der Waals surface area contributed by atoms with Gasteiger partial charge in [-0.1, -0.05) is 26.0 Å². The summed E-state index contributed by atoms with van der Waals surface area (Å²) < 4.78 is 13.1.